The maximum absolute atomic E-state index is 13.1. The molecule has 0 aromatic heterocycles. The Balaban J connectivity index is 3.13. The lowest BCUT2D eigenvalue weighted by atomic mass is 10.1. The van der Waals surface area contributed by atoms with Crippen molar-refractivity contribution < 1.29 is 13.9 Å². The van der Waals surface area contributed by atoms with Gasteiger partial charge in [-0.15, -0.1) is 0 Å². The first-order valence-electron chi connectivity index (χ1n) is 4.94. The fourth-order valence-corrected chi connectivity index (χ4v) is 1.45. The molecule has 0 amide bonds. The maximum atomic E-state index is 13.1. The SMILES string of the molecule is Cc1cc(F)cc(CC=O)c1OC(C)C. The fourth-order valence-electron chi connectivity index (χ4n) is 1.45. The molecule has 0 fully saturated rings. The van der Waals surface area contributed by atoms with Crippen molar-refractivity contribution in [2.24, 2.45) is 0 Å². The van der Waals surface area contributed by atoms with Gasteiger partial charge in [0.15, 0.2) is 0 Å². The molecule has 82 valence electrons. The van der Waals surface area contributed by atoms with E-state index in [0.717, 1.165) is 11.8 Å². The predicted octanol–water partition coefficient (Wildman–Crippen LogP) is 2.66. The van der Waals surface area contributed by atoms with Gasteiger partial charge in [-0.25, -0.2) is 4.39 Å². The topological polar surface area (TPSA) is 26.3 Å². The van der Waals surface area contributed by atoms with Gasteiger partial charge in [0.2, 0.25) is 0 Å². The van der Waals surface area contributed by atoms with Crippen LogP contribution >= 0.6 is 0 Å². The Morgan fingerprint density at radius 1 is 1.47 bits per heavy atom. The molecule has 0 saturated carbocycles. The molecule has 0 heterocycles. The Hall–Kier alpha value is -1.38. The molecule has 15 heavy (non-hydrogen) atoms. The van der Waals surface area contributed by atoms with Gasteiger partial charge in [-0.1, -0.05) is 0 Å². The number of aryl methyl sites for hydroxylation is 1. The van der Waals surface area contributed by atoms with Crippen LogP contribution in [0.4, 0.5) is 4.39 Å². The zero-order valence-electron chi connectivity index (χ0n) is 9.21. The lowest BCUT2D eigenvalue weighted by Crippen LogP contribution is -2.09. The molecule has 3 heteroatoms. The Morgan fingerprint density at radius 3 is 2.67 bits per heavy atom. The summed E-state index contributed by atoms with van der Waals surface area (Å²) < 4.78 is 18.7. The van der Waals surface area contributed by atoms with Gasteiger partial charge in [-0.3, -0.25) is 0 Å². The van der Waals surface area contributed by atoms with Crippen molar-refractivity contribution in [3.8, 4) is 5.75 Å². The van der Waals surface area contributed by atoms with Crippen LogP contribution < -0.4 is 4.74 Å². The first kappa shape index (κ1) is 11.7. The van der Waals surface area contributed by atoms with Crippen molar-refractivity contribution >= 4 is 6.29 Å². The van der Waals surface area contributed by atoms with Crippen LogP contribution in [0.5, 0.6) is 5.75 Å². The maximum Gasteiger partial charge on any atom is 0.126 e. The monoisotopic (exact) mass is 210 g/mol. The van der Waals surface area contributed by atoms with Crippen LogP contribution in [0.25, 0.3) is 0 Å². The van der Waals surface area contributed by atoms with Crippen LogP contribution in [0.1, 0.15) is 25.0 Å². The summed E-state index contributed by atoms with van der Waals surface area (Å²) in [5.41, 5.74) is 1.33. The highest BCUT2D eigenvalue weighted by Crippen LogP contribution is 2.26. The summed E-state index contributed by atoms with van der Waals surface area (Å²) in [4.78, 5) is 10.5. The number of rotatable bonds is 4. The summed E-state index contributed by atoms with van der Waals surface area (Å²) in [6.07, 6.45) is 0.946. The number of hydrogen-bond acceptors (Lipinski definition) is 2. The van der Waals surface area contributed by atoms with Crippen molar-refractivity contribution in [3.63, 3.8) is 0 Å². The smallest absolute Gasteiger partial charge is 0.126 e. The minimum atomic E-state index is -0.333. The van der Waals surface area contributed by atoms with E-state index in [1.54, 1.807) is 6.92 Å². The minimum Gasteiger partial charge on any atom is -0.490 e. The molecule has 0 saturated heterocycles. The molecular formula is C12H15FO2. The van der Waals surface area contributed by atoms with Gasteiger partial charge >= 0.3 is 0 Å². The molecule has 2 nitrogen and oxygen atoms in total. The number of aldehydes is 1. The van der Waals surface area contributed by atoms with Crippen LogP contribution in [0, 0.1) is 12.7 Å². The quantitative estimate of drug-likeness (QED) is 0.714. The molecule has 0 radical (unpaired) electrons. The third-order valence-electron chi connectivity index (χ3n) is 1.97. The van der Waals surface area contributed by atoms with Crippen molar-refractivity contribution in [2.75, 3.05) is 0 Å². The third kappa shape index (κ3) is 3.05. The van der Waals surface area contributed by atoms with E-state index in [4.69, 9.17) is 4.74 Å². The predicted molar refractivity (Wildman–Crippen MR) is 56.7 cm³/mol. The Labute approximate surface area is 89.1 Å². The van der Waals surface area contributed by atoms with Crippen LogP contribution in [0.2, 0.25) is 0 Å². The molecule has 0 atom stereocenters. The molecule has 0 spiro atoms. The summed E-state index contributed by atoms with van der Waals surface area (Å²) in [5.74, 6) is 0.291. The standard InChI is InChI=1S/C12H15FO2/c1-8(2)15-12-9(3)6-11(13)7-10(12)4-5-14/h5-8H,4H2,1-3H3. The second-order valence-electron chi connectivity index (χ2n) is 3.75. The molecule has 0 aliphatic carbocycles. The van der Waals surface area contributed by atoms with E-state index in [9.17, 15) is 9.18 Å². The molecule has 0 bridgehead atoms. The highest BCUT2D eigenvalue weighted by atomic mass is 19.1. The molecule has 0 unspecified atom stereocenters. The molecule has 0 N–H and O–H groups in total. The number of hydrogen-bond donors (Lipinski definition) is 0. The van der Waals surface area contributed by atoms with Gasteiger partial charge in [0.25, 0.3) is 0 Å². The number of carbonyl (C=O) groups excluding carboxylic acids is 1. The summed E-state index contributed by atoms with van der Waals surface area (Å²) in [6, 6.07) is 2.76. The van der Waals surface area contributed by atoms with Gasteiger partial charge in [0.05, 0.1) is 6.10 Å². The molecule has 0 aliphatic heterocycles. The molecule has 1 aromatic rings. The van der Waals surface area contributed by atoms with E-state index < -0.39 is 0 Å². The zero-order chi connectivity index (χ0) is 11.4. The highest BCUT2D eigenvalue weighted by molar-refractivity contribution is 5.58. The van der Waals surface area contributed by atoms with Crippen molar-refractivity contribution in [1.29, 1.82) is 0 Å². The molecule has 1 rings (SSSR count). The van der Waals surface area contributed by atoms with Crippen LogP contribution in [-0.2, 0) is 11.2 Å². The van der Waals surface area contributed by atoms with E-state index in [1.165, 1.54) is 12.1 Å². The molecular weight excluding hydrogens is 195 g/mol. The van der Waals surface area contributed by atoms with E-state index >= 15 is 0 Å². The summed E-state index contributed by atoms with van der Waals surface area (Å²) in [6.45, 7) is 5.57. The summed E-state index contributed by atoms with van der Waals surface area (Å²) in [5, 5.41) is 0. The van der Waals surface area contributed by atoms with Crippen LogP contribution in [-0.4, -0.2) is 12.4 Å². The van der Waals surface area contributed by atoms with E-state index in [-0.39, 0.29) is 18.3 Å². The van der Waals surface area contributed by atoms with Crippen molar-refractivity contribution in [1.82, 2.24) is 0 Å². The van der Waals surface area contributed by atoms with Crippen LogP contribution in [0.3, 0.4) is 0 Å². The van der Waals surface area contributed by atoms with Gasteiger partial charge < -0.3 is 9.53 Å². The second kappa shape index (κ2) is 4.91. The first-order chi connectivity index (χ1) is 7.04. The van der Waals surface area contributed by atoms with Crippen molar-refractivity contribution in [3.05, 3.63) is 29.1 Å². The van der Waals surface area contributed by atoms with E-state index in [0.29, 0.717) is 11.3 Å². The average molecular weight is 210 g/mol. The molecule has 0 aliphatic rings. The Bertz CT molecular complexity index is 359. The second-order valence-corrected chi connectivity index (χ2v) is 3.75. The Morgan fingerprint density at radius 2 is 2.13 bits per heavy atom. The molecule has 1 aromatic carbocycles. The fraction of sp³-hybridized carbons (Fsp3) is 0.417. The largest absolute Gasteiger partial charge is 0.490 e. The van der Waals surface area contributed by atoms with Crippen LogP contribution in [0.15, 0.2) is 12.1 Å². The number of halogens is 1. The lowest BCUT2D eigenvalue weighted by Gasteiger charge is -2.15. The van der Waals surface area contributed by atoms with Gasteiger partial charge in [-0.2, -0.15) is 0 Å². The number of carbonyl (C=O) groups is 1. The van der Waals surface area contributed by atoms with Crippen molar-refractivity contribution in [2.45, 2.75) is 33.3 Å². The average Bonchev–Trinajstić information content (AvgIpc) is 2.11. The van der Waals surface area contributed by atoms with Gasteiger partial charge in [0.1, 0.15) is 17.9 Å². The van der Waals surface area contributed by atoms with Gasteiger partial charge in [-0.05, 0) is 38.5 Å². The third-order valence-corrected chi connectivity index (χ3v) is 1.97. The number of ether oxygens (including phenoxy) is 1. The normalized spacial score (nSPS) is 10.5. The lowest BCUT2D eigenvalue weighted by molar-refractivity contribution is -0.107. The van der Waals surface area contributed by atoms with E-state index in [1.807, 2.05) is 13.8 Å². The summed E-state index contributed by atoms with van der Waals surface area (Å²) >= 11 is 0. The number of benzene rings is 1. The van der Waals surface area contributed by atoms with Gasteiger partial charge in [0, 0.05) is 12.0 Å². The Kier molecular flexibility index (Phi) is 3.83. The minimum absolute atomic E-state index is 0.0135. The summed E-state index contributed by atoms with van der Waals surface area (Å²) in [7, 11) is 0. The zero-order valence-corrected chi connectivity index (χ0v) is 9.21. The first-order valence-corrected chi connectivity index (χ1v) is 4.94. The van der Waals surface area contributed by atoms with E-state index in [2.05, 4.69) is 0 Å². The highest BCUT2D eigenvalue weighted by Gasteiger charge is 2.10.